The number of nitrogens with zero attached hydrogens (tertiary/aromatic N) is 2. The lowest BCUT2D eigenvalue weighted by Crippen LogP contribution is -1.98. The molecular formula is C12H12N2O4S2. The van der Waals surface area contributed by atoms with Crippen LogP contribution in [0.4, 0.5) is 0 Å². The molecule has 6 nitrogen and oxygen atoms in total. The highest BCUT2D eigenvalue weighted by molar-refractivity contribution is 8.02. The second kappa shape index (κ2) is 8.28. The van der Waals surface area contributed by atoms with Crippen LogP contribution in [0.15, 0.2) is 34.8 Å². The summed E-state index contributed by atoms with van der Waals surface area (Å²) in [5, 5.41) is 2.18. The van der Waals surface area contributed by atoms with Crippen LogP contribution < -0.4 is 0 Å². The summed E-state index contributed by atoms with van der Waals surface area (Å²) in [7, 11) is 2.59. The second-order valence-electron chi connectivity index (χ2n) is 3.24. The first-order valence-corrected chi connectivity index (χ1v) is 6.62. The third-order valence-electron chi connectivity index (χ3n) is 1.97. The number of carbonyl (C=O) groups is 2. The van der Waals surface area contributed by atoms with E-state index in [4.69, 9.17) is 12.2 Å². The fourth-order valence-corrected chi connectivity index (χ4v) is 1.89. The molecule has 1 rings (SSSR count). The Bertz CT molecular complexity index is 608. The summed E-state index contributed by atoms with van der Waals surface area (Å²) in [5.41, 5.74) is 0. The van der Waals surface area contributed by atoms with Gasteiger partial charge < -0.3 is 9.47 Å². The summed E-state index contributed by atoms with van der Waals surface area (Å²) in [6.07, 6.45) is 5.64. The summed E-state index contributed by atoms with van der Waals surface area (Å²) < 4.78 is 10.7. The monoisotopic (exact) mass is 312 g/mol. The summed E-state index contributed by atoms with van der Waals surface area (Å²) >= 11 is 6.30. The number of thioether (sulfide) groups is 1. The van der Waals surface area contributed by atoms with Crippen LogP contribution in [-0.2, 0) is 19.1 Å². The molecule has 0 unspecified atom stereocenters. The Morgan fingerprint density at radius 2 is 1.95 bits per heavy atom. The van der Waals surface area contributed by atoms with Gasteiger partial charge in [0.15, 0.2) is 0 Å². The molecule has 0 radical (unpaired) electrons. The molecular weight excluding hydrogens is 300 g/mol. The molecule has 0 atom stereocenters. The van der Waals surface area contributed by atoms with Crippen molar-refractivity contribution in [1.29, 1.82) is 0 Å². The summed E-state index contributed by atoms with van der Waals surface area (Å²) in [5.74, 6) is -0.922. The first-order valence-electron chi connectivity index (χ1n) is 5.33. The van der Waals surface area contributed by atoms with E-state index in [1.165, 1.54) is 48.9 Å². The molecule has 0 aromatic carbocycles. The van der Waals surface area contributed by atoms with Gasteiger partial charge in [-0.1, -0.05) is 11.8 Å². The highest BCUT2D eigenvalue weighted by atomic mass is 32.2. The minimum atomic E-state index is -0.480. The number of methoxy groups -OCH3 is 2. The number of hydrogen-bond donors (Lipinski definition) is 0. The van der Waals surface area contributed by atoms with Crippen LogP contribution in [0.5, 0.6) is 0 Å². The molecule has 0 aliphatic heterocycles. The number of hydrogen-bond acceptors (Lipinski definition) is 7. The highest BCUT2D eigenvalue weighted by Gasteiger charge is 1.97. The molecule has 0 saturated heterocycles. The average molecular weight is 312 g/mol. The van der Waals surface area contributed by atoms with E-state index in [9.17, 15) is 9.59 Å². The molecule has 106 valence electrons. The molecule has 0 amide bonds. The second-order valence-corrected chi connectivity index (χ2v) is 4.53. The Morgan fingerprint density at radius 1 is 1.30 bits per heavy atom. The van der Waals surface area contributed by atoms with E-state index in [0.717, 1.165) is 0 Å². The maximum absolute atomic E-state index is 11.0. The molecule has 20 heavy (non-hydrogen) atoms. The SMILES string of the molecule is COC(=O)/C=C\Sc1ccn(/C=C\C(=O)OC)c(=S)n1. The van der Waals surface area contributed by atoms with E-state index < -0.39 is 11.9 Å². The number of esters is 2. The standard InChI is InChI=1S/C12H12N2O4S2/c1-17-10(15)4-7-14-6-3-9(13-12(14)19)20-8-5-11(16)18-2/h3-8H,1-2H3/b7-4-,8-5-. The van der Waals surface area contributed by atoms with E-state index in [2.05, 4.69) is 14.5 Å². The van der Waals surface area contributed by atoms with Gasteiger partial charge in [-0.2, -0.15) is 0 Å². The Labute approximate surface area is 125 Å². The third kappa shape index (κ3) is 5.37. The fraction of sp³-hybridized carbons (Fsp3) is 0.167. The lowest BCUT2D eigenvalue weighted by molar-refractivity contribution is -0.135. The smallest absolute Gasteiger partial charge is 0.331 e. The van der Waals surface area contributed by atoms with Crippen LogP contribution in [0.3, 0.4) is 0 Å². The molecule has 8 heteroatoms. The maximum Gasteiger partial charge on any atom is 0.331 e. The van der Waals surface area contributed by atoms with Gasteiger partial charge in [-0.25, -0.2) is 14.6 Å². The summed E-state index contributed by atoms with van der Waals surface area (Å²) in [6, 6.07) is 1.70. The molecule has 0 N–H and O–H groups in total. The zero-order chi connectivity index (χ0) is 15.0. The van der Waals surface area contributed by atoms with E-state index >= 15 is 0 Å². The molecule has 0 aliphatic carbocycles. The van der Waals surface area contributed by atoms with Crippen molar-refractivity contribution in [2.75, 3.05) is 14.2 Å². The van der Waals surface area contributed by atoms with Crippen molar-refractivity contribution >= 4 is 42.1 Å². The van der Waals surface area contributed by atoms with Crippen molar-refractivity contribution in [3.8, 4) is 0 Å². The van der Waals surface area contributed by atoms with E-state index in [1.54, 1.807) is 17.7 Å². The number of ether oxygens (including phenoxy) is 2. The molecule has 1 aromatic rings. The summed E-state index contributed by atoms with van der Waals surface area (Å²) in [4.78, 5) is 26.0. The van der Waals surface area contributed by atoms with Crippen molar-refractivity contribution in [1.82, 2.24) is 9.55 Å². The zero-order valence-electron chi connectivity index (χ0n) is 10.8. The minimum absolute atomic E-state index is 0.279. The van der Waals surface area contributed by atoms with Gasteiger partial charge in [-0.05, 0) is 23.7 Å². The van der Waals surface area contributed by atoms with Gasteiger partial charge in [0.25, 0.3) is 0 Å². The van der Waals surface area contributed by atoms with Gasteiger partial charge in [-0.3, -0.25) is 4.57 Å². The molecule has 0 spiro atoms. The Morgan fingerprint density at radius 3 is 2.55 bits per heavy atom. The zero-order valence-corrected chi connectivity index (χ0v) is 12.4. The lowest BCUT2D eigenvalue weighted by Gasteiger charge is -2.01. The largest absolute Gasteiger partial charge is 0.466 e. The van der Waals surface area contributed by atoms with Gasteiger partial charge >= 0.3 is 11.9 Å². The van der Waals surface area contributed by atoms with E-state index in [1.807, 2.05) is 0 Å². The average Bonchev–Trinajstić information content (AvgIpc) is 2.45. The van der Waals surface area contributed by atoms with Crippen LogP contribution in [0, 0.1) is 4.77 Å². The number of aromatic nitrogens is 2. The van der Waals surface area contributed by atoms with E-state index in [0.29, 0.717) is 5.03 Å². The van der Waals surface area contributed by atoms with Crippen LogP contribution in [-0.4, -0.2) is 35.7 Å². The van der Waals surface area contributed by atoms with Crippen molar-refractivity contribution in [2.24, 2.45) is 0 Å². The number of carbonyl (C=O) groups excluding carboxylic acids is 2. The highest BCUT2D eigenvalue weighted by Crippen LogP contribution is 2.15. The van der Waals surface area contributed by atoms with Gasteiger partial charge in [-0.15, -0.1) is 0 Å². The van der Waals surface area contributed by atoms with Crippen LogP contribution in [0.1, 0.15) is 0 Å². The quantitative estimate of drug-likeness (QED) is 0.271. The maximum atomic E-state index is 11.0. The molecule has 1 heterocycles. The van der Waals surface area contributed by atoms with Crippen molar-refractivity contribution in [3.05, 3.63) is 34.6 Å². The Balaban J connectivity index is 2.76. The fourth-order valence-electron chi connectivity index (χ4n) is 1.01. The van der Waals surface area contributed by atoms with Gasteiger partial charge in [0.05, 0.1) is 14.2 Å². The normalized spacial score (nSPS) is 10.9. The molecule has 0 aliphatic rings. The molecule has 0 fully saturated rings. The van der Waals surface area contributed by atoms with Gasteiger partial charge in [0.2, 0.25) is 4.77 Å². The first kappa shape index (κ1) is 16.1. The predicted molar refractivity (Wildman–Crippen MR) is 77.4 cm³/mol. The predicted octanol–water partition coefficient (Wildman–Crippen LogP) is 2.04. The summed E-state index contributed by atoms with van der Waals surface area (Å²) in [6.45, 7) is 0. The van der Waals surface area contributed by atoms with Crippen molar-refractivity contribution in [3.63, 3.8) is 0 Å². The lowest BCUT2D eigenvalue weighted by atomic mass is 10.6. The van der Waals surface area contributed by atoms with Crippen LogP contribution in [0.2, 0.25) is 0 Å². The van der Waals surface area contributed by atoms with Gasteiger partial charge in [0, 0.05) is 24.5 Å². The Kier molecular flexibility index (Phi) is 6.68. The van der Waals surface area contributed by atoms with Crippen molar-refractivity contribution in [2.45, 2.75) is 5.03 Å². The third-order valence-corrected chi connectivity index (χ3v) is 3.01. The Hall–Kier alpha value is -1.93. The molecule has 0 saturated carbocycles. The van der Waals surface area contributed by atoms with Crippen LogP contribution in [0.25, 0.3) is 6.20 Å². The first-order chi connectivity index (χ1) is 9.56. The van der Waals surface area contributed by atoms with Crippen LogP contribution >= 0.6 is 24.0 Å². The molecule has 1 aromatic heterocycles. The van der Waals surface area contributed by atoms with E-state index in [-0.39, 0.29) is 4.77 Å². The number of rotatable bonds is 5. The van der Waals surface area contributed by atoms with Crippen molar-refractivity contribution < 1.29 is 19.1 Å². The topological polar surface area (TPSA) is 70.4 Å². The minimum Gasteiger partial charge on any atom is -0.466 e. The van der Waals surface area contributed by atoms with Gasteiger partial charge in [0.1, 0.15) is 5.03 Å². The molecule has 0 bridgehead atoms.